The first-order valence-electron chi connectivity index (χ1n) is 13.2. The summed E-state index contributed by atoms with van der Waals surface area (Å²) in [6.07, 6.45) is -2.02. The highest BCUT2D eigenvalue weighted by Gasteiger charge is 2.36. The number of para-hydroxylation sites is 1. The zero-order valence-electron chi connectivity index (χ0n) is 22.6. The zero-order chi connectivity index (χ0) is 30.6. The van der Waals surface area contributed by atoms with E-state index in [4.69, 9.17) is 5.11 Å². The minimum absolute atomic E-state index is 0.0796. The molecule has 11 nitrogen and oxygen atoms in total. The number of carbonyl (C=O) groups excluding carboxylic acids is 3. The number of rotatable bonds is 10. The van der Waals surface area contributed by atoms with Gasteiger partial charge in [-0.1, -0.05) is 78.9 Å². The number of aliphatic imine (C=N–C) groups is 1. The van der Waals surface area contributed by atoms with Gasteiger partial charge in [-0.15, -0.1) is 0 Å². The number of aldehydes is 1. The Kier molecular flexibility index (Phi) is 8.41. The summed E-state index contributed by atoms with van der Waals surface area (Å²) in [7, 11) is -4.30. The monoisotopic (exact) mass is 598 g/mol. The molecular weight excluding hydrogens is 572 g/mol. The molecule has 1 aliphatic heterocycles. The Labute approximate surface area is 246 Å². The van der Waals surface area contributed by atoms with Gasteiger partial charge in [-0.05, 0) is 29.0 Å². The van der Waals surface area contributed by atoms with Gasteiger partial charge in [-0.2, -0.15) is 4.72 Å². The SMILES string of the molecule is O=CC(CC(=O)O)NC(=O)CN1C(=O)C(NS(=O)(=O)c2ccc3ccccc3c2)N=C(c2ccccc2)c2ccccc21. The van der Waals surface area contributed by atoms with Crippen molar-refractivity contribution in [2.75, 3.05) is 11.4 Å². The van der Waals surface area contributed by atoms with Crippen LogP contribution < -0.4 is 14.9 Å². The van der Waals surface area contributed by atoms with E-state index in [-0.39, 0.29) is 10.6 Å². The molecular formula is C31H26N4O7S. The second-order valence-electron chi connectivity index (χ2n) is 9.73. The van der Waals surface area contributed by atoms with Gasteiger partial charge in [0, 0.05) is 11.1 Å². The van der Waals surface area contributed by atoms with Crippen LogP contribution in [-0.2, 0) is 29.2 Å². The van der Waals surface area contributed by atoms with E-state index in [0.717, 1.165) is 10.3 Å². The molecule has 2 unspecified atom stereocenters. The lowest BCUT2D eigenvalue weighted by Gasteiger charge is -2.25. The fourth-order valence-corrected chi connectivity index (χ4v) is 5.88. The average molecular weight is 599 g/mol. The number of carbonyl (C=O) groups is 4. The van der Waals surface area contributed by atoms with Gasteiger partial charge < -0.3 is 15.2 Å². The molecule has 3 N–H and O–H groups in total. The van der Waals surface area contributed by atoms with Gasteiger partial charge in [-0.3, -0.25) is 24.3 Å². The van der Waals surface area contributed by atoms with Crippen molar-refractivity contribution in [1.29, 1.82) is 0 Å². The number of benzodiazepines with no additional fused rings is 1. The molecule has 0 aromatic heterocycles. The Morgan fingerprint density at radius 2 is 1.60 bits per heavy atom. The third-order valence-electron chi connectivity index (χ3n) is 6.76. The molecule has 4 aromatic rings. The van der Waals surface area contributed by atoms with E-state index in [0.29, 0.717) is 28.5 Å². The quantitative estimate of drug-likeness (QED) is 0.236. The minimum atomic E-state index is -4.30. The summed E-state index contributed by atoms with van der Waals surface area (Å²) in [5.74, 6) is -2.96. The first-order valence-corrected chi connectivity index (χ1v) is 14.7. The average Bonchev–Trinajstić information content (AvgIpc) is 3.11. The smallest absolute Gasteiger partial charge is 0.305 e. The number of amides is 2. The number of anilines is 1. The van der Waals surface area contributed by atoms with E-state index < -0.39 is 53.0 Å². The number of carboxylic acid groups (broad SMARTS) is 1. The first kappa shape index (κ1) is 29.3. The molecule has 0 bridgehead atoms. The summed E-state index contributed by atoms with van der Waals surface area (Å²) in [5.41, 5.74) is 1.65. The molecule has 0 fully saturated rings. The van der Waals surface area contributed by atoms with Crippen LogP contribution in [0, 0.1) is 0 Å². The Morgan fingerprint density at radius 3 is 2.33 bits per heavy atom. The van der Waals surface area contributed by atoms with Gasteiger partial charge in [0.1, 0.15) is 12.8 Å². The van der Waals surface area contributed by atoms with E-state index >= 15 is 0 Å². The third kappa shape index (κ3) is 6.50. The van der Waals surface area contributed by atoms with Crippen molar-refractivity contribution in [2.45, 2.75) is 23.5 Å². The second-order valence-corrected chi connectivity index (χ2v) is 11.4. The molecule has 12 heteroatoms. The molecule has 2 atom stereocenters. The second kappa shape index (κ2) is 12.3. The fraction of sp³-hybridized carbons (Fsp3) is 0.129. The van der Waals surface area contributed by atoms with Crippen LogP contribution in [0.1, 0.15) is 17.5 Å². The molecule has 4 aromatic carbocycles. The summed E-state index contributed by atoms with van der Waals surface area (Å²) < 4.78 is 29.6. The van der Waals surface area contributed by atoms with Crippen LogP contribution in [0.25, 0.3) is 10.8 Å². The molecule has 218 valence electrons. The maximum absolute atomic E-state index is 14.0. The standard InChI is InChI=1S/C31H26N4O7S/c36-19-23(17-28(38)39)32-27(37)18-35-26-13-7-6-12-25(26)29(21-9-2-1-3-10-21)33-30(31(35)40)34-43(41,42)24-15-14-20-8-4-5-11-22(20)16-24/h1-16,19,23,30,34H,17-18H2,(H,32,37)(H,38,39). The summed E-state index contributed by atoms with van der Waals surface area (Å²) in [6.45, 7) is -0.633. The van der Waals surface area contributed by atoms with E-state index in [1.165, 1.54) is 12.1 Å². The lowest BCUT2D eigenvalue weighted by molar-refractivity contribution is -0.138. The topological polar surface area (TPSA) is 162 Å². The molecule has 43 heavy (non-hydrogen) atoms. The van der Waals surface area contributed by atoms with Gasteiger partial charge in [0.25, 0.3) is 5.91 Å². The maximum atomic E-state index is 14.0. The molecule has 0 saturated heterocycles. The Morgan fingerprint density at radius 1 is 0.930 bits per heavy atom. The number of fused-ring (bicyclic) bond motifs is 2. The summed E-state index contributed by atoms with van der Waals surface area (Å²) in [6, 6.07) is 26.0. The van der Waals surface area contributed by atoms with Gasteiger partial charge in [0.15, 0.2) is 6.17 Å². The highest BCUT2D eigenvalue weighted by Crippen LogP contribution is 2.29. The van der Waals surface area contributed by atoms with Crippen molar-refractivity contribution in [2.24, 2.45) is 4.99 Å². The number of benzene rings is 4. The first-order chi connectivity index (χ1) is 20.7. The number of aliphatic carboxylic acids is 1. The van der Waals surface area contributed by atoms with Crippen LogP contribution in [0.5, 0.6) is 0 Å². The van der Waals surface area contributed by atoms with Crippen molar-refractivity contribution in [3.63, 3.8) is 0 Å². The molecule has 5 rings (SSSR count). The molecule has 0 spiro atoms. The van der Waals surface area contributed by atoms with Crippen molar-refractivity contribution in [1.82, 2.24) is 10.0 Å². The summed E-state index contributed by atoms with van der Waals surface area (Å²) >= 11 is 0. The van der Waals surface area contributed by atoms with Crippen molar-refractivity contribution < 1.29 is 32.7 Å². The lowest BCUT2D eigenvalue weighted by atomic mass is 10.0. The molecule has 2 amide bonds. The highest BCUT2D eigenvalue weighted by molar-refractivity contribution is 7.89. The molecule has 0 radical (unpaired) electrons. The number of sulfonamides is 1. The number of nitrogens with one attached hydrogen (secondary N) is 2. The Hall–Kier alpha value is -5.20. The van der Waals surface area contributed by atoms with Crippen LogP contribution in [0.15, 0.2) is 107 Å². The molecule has 0 saturated carbocycles. The Bertz CT molecular complexity index is 1860. The lowest BCUT2D eigenvalue weighted by Crippen LogP contribution is -2.51. The van der Waals surface area contributed by atoms with Crippen molar-refractivity contribution in [3.05, 3.63) is 108 Å². The van der Waals surface area contributed by atoms with E-state index in [1.807, 2.05) is 12.1 Å². The molecule has 0 aliphatic carbocycles. The predicted octanol–water partition coefficient (Wildman–Crippen LogP) is 2.49. The van der Waals surface area contributed by atoms with Gasteiger partial charge in [0.05, 0.1) is 28.8 Å². The summed E-state index contributed by atoms with van der Waals surface area (Å²) in [5, 5.41) is 12.9. The van der Waals surface area contributed by atoms with Gasteiger partial charge in [-0.25, -0.2) is 8.42 Å². The number of hydrogen-bond donors (Lipinski definition) is 3. The zero-order valence-corrected chi connectivity index (χ0v) is 23.4. The Balaban J connectivity index is 1.56. The van der Waals surface area contributed by atoms with Crippen LogP contribution in [-0.4, -0.2) is 62.1 Å². The van der Waals surface area contributed by atoms with Crippen LogP contribution in [0.2, 0.25) is 0 Å². The van der Waals surface area contributed by atoms with Gasteiger partial charge >= 0.3 is 5.97 Å². The largest absolute Gasteiger partial charge is 0.481 e. The van der Waals surface area contributed by atoms with E-state index in [9.17, 15) is 27.6 Å². The van der Waals surface area contributed by atoms with Crippen LogP contribution >= 0.6 is 0 Å². The number of nitrogens with zero attached hydrogens (tertiary/aromatic N) is 2. The van der Waals surface area contributed by atoms with E-state index in [1.54, 1.807) is 72.8 Å². The number of carboxylic acids is 1. The molecule has 1 aliphatic rings. The number of hydrogen-bond acceptors (Lipinski definition) is 7. The van der Waals surface area contributed by atoms with Crippen molar-refractivity contribution in [3.8, 4) is 0 Å². The third-order valence-corrected chi connectivity index (χ3v) is 8.17. The van der Waals surface area contributed by atoms with Crippen LogP contribution in [0.4, 0.5) is 5.69 Å². The maximum Gasteiger partial charge on any atom is 0.305 e. The highest BCUT2D eigenvalue weighted by atomic mass is 32.2. The van der Waals surface area contributed by atoms with Crippen molar-refractivity contribution >= 4 is 56.3 Å². The van der Waals surface area contributed by atoms with Gasteiger partial charge in [0.2, 0.25) is 15.9 Å². The predicted molar refractivity (Wildman–Crippen MR) is 159 cm³/mol. The fourth-order valence-electron chi connectivity index (χ4n) is 4.76. The van der Waals surface area contributed by atoms with Crippen LogP contribution in [0.3, 0.4) is 0 Å². The molecule has 1 heterocycles. The summed E-state index contributed by atoms with van der Waals surface area (Å²) in [4.78, 5) is 55.0. The normalized spacial score (nSPS) is 15.6. The van der Waals surface area contributed by atoms with E-state index in [2.05, 4.69) is 15.0 Å². The minimum Gasteiger partial charge on any atom is -0.481 e.